The quantitative estimate of drug-likeness (QED) is 0.447. The fourth-order valence-electron chi connectivity index (χ4n) is 4.69. The molecule has 0 saturated carbocycles. The maximum absolute atomic E-state index is 13.7. The molecule has 2 N–H and O–H groups in total. The van der Waals surface area contributed by atoms with Crippen molar-refractivity contribution in [2.45, 2.75) is 44.2 Å². The van der Waals surface area contributed by atoms with Gasteiger partial charge in [0.15, 0.2) is 23.1 Å². The van der Waals surface area contributed by atoms with Crippen molar-refractivity contribution < 1.29 is 32.1 Å². The van der Waals surface area contributed by atoms with Gasteiger partial charge in [0, 0.05) is 18.5 Å². The van der Waals surface area contributed by atoms with Crippen LogP contribution in [-0.4, -0.2) is 78.7 Å². The summed E-state index contributed by atoms with van der Waals surface area (Å²) in [4.78, 5) is 6.97. The molecular weight excluding hydrogens is 560 g/mol. The van der Waals surface area contributed by atoms with E-state index < -0.39 is 16.3 Å². The van der Waals surface area contributed by atoms with Gasteiger partial charge in [0.25, 0.3) is 10.0 Å². The minimum Gasteiger partial charge on any atom is -0.493 e. The molecule has 3 aliphatic heterocycles. The lowest BCUT2D eigenvalue weighted by Crippen LogP contribution is -2.53. The number of hydrogen-bond acceptors (Lipinski definition) is 10. The molecule has 0 bridgehead atoms. The van der Waals surface area contributed by atoms with Crippen LogP contribution in [0.3, 0.4) is 0 Å². The Morgan fingerprint density at radius 3 is 2.31 bits per heavy atom. The molecule has 3 aliphatic rings. The Bertz CT molecular complexity index is 1420. The second kappa shape index (κ2) is 12.1. The number of para-hydroxylation sites is 2. The van der Waals surface area contributed by atoms with Gasteiger partial charge in [-0.1, -0.05) is 52.0 Å². The van der Waals surface area contributed by atoms with Crippen molar-refractivity contribution in [2.24, 2.45) is 10.4 Å². The average Bonchev–Trinajstić information content (AvgIpc) is 2.96. The third-order valence-corrected chi connectivity index (χ3v) is 8.67. The highest BCUT2D eigenvalue weighted by Crippen LogP contribution is 2.33. The van der Waals surface area contributed by atoms with E-state index in [9.17, 15) is 8.42 Å². The second-order valence-electron chi connectivity index (χ2n) is 12.0. The SMILES string of the molecule is COc1ccccc1OC1=C(NS(=O)(=O)c2ccc(C(C)(C)C)cc2)NC(N2CCOCC2)=NC1OCC1(C)COC1. The summed E-state index contributed by atoms with van der Waals surface area (Å²) in [7, 11) is -2.49. The third kappa shape index (κ3) is 6.83. The number of nitrogens with zero attached hydrogens (tertiary/aromatic N) is 2. The Labute approximate surface area is 247 Å². The molecule has 11 nitrogen and oxygen atoms in total. The normalized spacial score (nSPS) is 20.7. The maximum atomic E-state index is 13.7. The molecule has 3 heterocycles. The molecule has 0 aliphatic carbocycles. The largest absolute Gasteiger partial charge is 0.493 e. The van der Waals surface area contributed by atoms with Crippen LogP contribution in [-0.2, 0) is 29.6 Å². The number of nitrogens with one attached hydrogen (secondary N) is 2. The monoisotopic (exact) mass is 600 g/mol. The second-order valence-corrected chi connectivity index (χ2v) is 13.7. The van der Waals surface area contributed by atoms with Crippen molar-refractivity contribution in [3.8, 4) is 11.5 Å². The lowest BCUT2D eigenvalue weighted by molar-refractivity contribution is -0.147. The molecule has 1 atom stereocenters. The number of aliphatic imine (C=N–C) groups is 1. The van der Waals surface area contributed by atoms with Crippen LogP contribution >= 0.6 is 0 Å². The first-order chi connectivity index (χ1) is 20.0. The molecule has 0 radical (unpaired) electrons. The first-order valence-electron chi connectivity index (χ1n) is 14.0. The zero-order valence-corrected chi connectivity index (χ0v) is 25.6. The van der Waals surface area contributed by atoms with Crippen molar-refractivity contribution in [1.82, 2.24) is 14.9 Å². The van der Waals surface area contributed by atoms with Gasteiger partial charge in [0.2, 0.25) is 12.2 Å². The van der Waals surface area contributed by atoms with Crippen molar-refractivity contribution in [1.29, 1.82) is 0 Å². The van der Waals surface area contributed by atoms with E-state index in [0.717, 1.165) is 5.56 Å². The van der Waals surface area contributed by atoms with Gasteiger partial charge in [0.05, 0.1) is 45.0 Å². The molecule has 1 unspecified atom stereocenters. The highest BCUT2D eigenvalue weighted by atomic mass is 32.2. The predicted molar refractivity (Wildman–Crippen MR) is 158 cm³/mol. The highest BCUT2D eigenvalue weighted by molar-refractivity contribution is 7.89. The first kappa shape index (κ1) is 30.1. The van der Waals surface area contributed by atoms with E-state index in [1.54, 1.807) is 37.4 Å². The minimum absolute atomic E-state index is 0.109. The zero-order chi connectivity index (χ0) is 30.0. The van der Waals surface area contributed by atoms with Gasteiger partial charge in [-0.15, -0.1) is 0 Å². The lowest BCUT2D eigenvalue weighted by Gasteiger charge is -2.39. The molecule has 2 aromatic carbocycles. The van der Waals surface area contributed by atoms with E-state index in [0.29, 0.717) is 63.6 Å². The van der Waals surface area contributed by atoms with Crippen molar-refractivity contribution >= 4 is 16.0 Å². The van der Waals surface area contributed by atoms with Crippen LogP contribution in [0.4, 0.5) is 0 Å². The third-order valence-electron chi connectivity index (χ3n) is 7.30. The highest BCUT2D eigenvalue weighted by Gasteiger charge is 2.38. The Kier molecular flexibility index (Phi) is 8.70. The predicted octanol–water partition coefficient (Wildman–Crippen LogP) is 3.19. The van der Waals surface area contributed by atoms with E-state index in [4.69, 9.17) is 28.7 Å². The van der Waals surface area contributed by atoms with E-state index in [1.165, 1.54) is 0 Å². The standard InChI is InChI=1S/C30H40N4O7S/c1-29(2,3)21-10-12-22(13-11-21)42(35,36)33-26-25(41-24-9-7-6-8-23(24)37-5)27(40-20-30(4)18-39-19-30)32-28(31-26)34-14-16-38-17-15-34/h6-13,27,33H,14-20H2,1-5H3,(H,31,32). The van der Waals surface area contributed by atoms with Crippen LogP contribution in [0, 0.1) is 5.41 Å². The summed E-state index contributed by atoms with van der Waals surface area (Å²) in [6.07, 6.45) is -0.951. The molecule has 0 amide bonds. The number of benzene rings is 2. The molecule has 2 saturated heterocycles. The Morgan fingerprint density at radius 1 is 1.05 bits per heavy atom. The number of guanidine groups is 1. The van der Waals surface area contributed by atoms with Crippen molar-refractivity contribution in [2.75, 3.05) is 53.2 Å². The topological polar surface area (TPSA) is 120 Å². The first-order valence-corrected chi connectivity index (χ1v) is 15.5. The van der Waals surface area contributed by atoms with E-state index >= 15 is 0 Å². The molecule has 5 rings (SSSR count). The van der Waals surface area contributed by atoms with Crippen LogP contribution in [0.25, 0.3) is 0 Å². The van der Waals surface area contributed by atoms with Gasteiger partial charge in [-0.2, -0.15) is 0 Å². The number of hydrogen-bond donors (Lipinski definition) is 2. The summed E-state index contributed by atoms with van der Waals surface area (Å²) < 4.78 is 59.4. The van der Waals surface area contributed by atoms with Crippen molar-refractivity contribution in [3.63, 3.8) is 0 Å². The van der Waals surface area contributed by atoms with Crippen LogP contribution in [0.2, 0.25) is 0 Å². The van der Waals surface area contributed by atoms with E-state index in [1.807, 2.05) is 23.1 Å². The van der Waals surface area contributed by atoms with Gasteiger partial charge in [-0.3, -0.25) is 4.72 Å². The molecule has 0 spiro atoms. The van der Waals surface area contributed by atoms with Crippen LogP contribution in [0.15, 0.2) is 70.0 Å². The fourth-order valence-corrected chi connectivity index (χ4v) is 5.72. The van der Waals surface area contributed by atoms with Gasteiger partial charge in [0.1, 0.15) is 0 Å². The molecule has 2 aromatic rings. The molecular formula is C30H40N4O7S. The number of rotatable bonds is 9. The molecule has 42 heavy (non-hydrogen) atoms. The summed E-state index contributed by atoms with van der Waals surface area (Å²) in [5.41, 5.74) is 0.735. The maximum Gasteiger partial charge on any atom is 0.263 e. The Balaban J connectivity index is 1.53. The smallest absolute Gasteiger partial charge is 0.263 e. The van der Waals surface area contributed by atoms with Gasteiger partial charge < -0.3 is 33.9 Å². The summed E-state index contributed by atoms with van der Waals surface area (Å²) in [6.45, 7) is 12.0. The summed E-state index contributed by atoms with van der Waals surface area (Å²) in [5.74, 6) is 1.60. The lowest BCUT2D eigenvalue weighted by atomic mass is 9.87. The number of ether oxygens (including phenoxy) is 5. The molecule has 12 heteroatoms. The van der Waals surface area contributed by atoms with Crippen LogP contribution in [0.1, 0.15) is 33.3 Å². The zero-order valence-electron chi connectivity index (χ0n) is 24.8. The fraction of sp³-hybridized carbons (Fsp3) is 0.500. The van der Waals surface area contributed by atoms with Gasteiger partial charge in [-0.05, 0) is 35.2 Å². The van der Waals surface area contributed by atoms with Crippen molar-refractivity contribution in [3.05, 3.63) is 65.7 Å². The van der Waals surface area contributed by atoms with E-state index in [2.05, 4.69) is 37.7 Å². The average molecular weight is 601 g/mol. The Hall–Kier alpha value is -3.32. The van der Waals surface area contributed by atoms with E-state index in [-0.39, 0.29) is 27.3 Å². The van der Waals surface area contributed by atoms with Gasteiger partial charge in [-0.25, -0.2) is 13.4 Å². The Morgan fingerprint density at radius 2 is 1.71 bits per heavy atom. The summed E-state index contributed by atoms with van der Waals surface area (Å²) in [6, 6.07) is 14.0. The molecule has 0 aromatic heterocycles. The number of methoxy groups -OCH3 is 1. The molecule has 2 fully saturated rings. The van der Waals surface area contributed by atoms with Gasteiger partial charge >= 0.3 is 0 Å². The summed E-state index contributed by atoms with van der Waals surface area (Å²) in [5, 5.41) is 3.19. The van der Waals surface area contributed by atoms with Crippen LogP contribution in [0.5, 0.6) is 11.5 Å². The molecule has 228 valence electrons. The summed E-state index contributed by atoms with van der Waals surface area (Å²) >= 11 is 0. The number of sulfonamides is 1. The number of morpholine rings is 1. The minimum atomic E-state index is -4.03. The van der Waals surface area contributed by atoms with Crippen LogP contribution < -0.4 is 19.5 Å².